The van der Waals surface area contributed by atoms with Gasteiger partial charge >= 0.3 is 0 Å². The molecule has 0 saturated carbocycles. The van der Waals surface area contributed by atoms with Crippen LogP contribution in [0.2, 0.25) is 0 Å². The number of nitrogens with zero attached hydrogens (tertiary/aromatic N) is 1. The smallest absolute Gasteiger partial charge is 0.254 e. The normalized spacial score (nSPS) is 22.6. The van der Waals surface area contributed by atoms with E-state index in [1.807, 2.05) is 0 Å². The van der Waals surface area contributed by atoms with E-state index in [0.717, 1.165) is 6.42 Å². The number of methoxy groups -OCH3 is 1. The zero-order valence-corrected chi connectivity index (χ0v) is 11.2. The lowest BCUT2D eigenvalue weighted by Gasteiger charge is -2.25. The molecule has 0 radical (unpaired) electrons. The molecule has 2 atom stereocenters. The van der Waals surface area contributed by atoms with Crippen LogP contribution < -0.4 is 10.5 Å². The summed E-state index contributed by atoms with van der Waals surface area (Å²) in [5.41, 5.74) is 6.06. The number of likely N-dealkylation sites (tertiary alicyclic amines) is 1. The van der Waals surface area contributed by atoms with Crippen LogP contribution in [0.1, 0.15) is 23.7 Å². The summed E-state index contributed by atoms with van der Waals surface area (Å²) in [7, 11) is 1.40. The largest absolute Gasteiger partial charge is 0.494 e. The monoisotopic (exact) mass is 266 g/mol. The molecule has 1 amide bonds. The van der Waals surface area contributed by atoms with E-state index in [1.165, 1.54) is 19.2 Å². The number of carbonyl (C=O) groups excluding carboxylic acids is 1. The predicted octanol–water partition coefficient (Wildman–Crippen LogP) is 1.64. The Balaban J connectivity index is 2.22. The number of rotatable bonds is 3. The molecular formula is C14H19FN2O2. The van der Waals surface area contributed by atoms with E-state index in [0.29, 0.717) is 24.6 Å². The van der Waals surface area contributed by atoms with Gasteiger partial charge in [0, 0.05) is 24.7 Å². The maximum Gasteiger partial charge on any atom is 0.254 e. The molecule has 1 aliphatic heterocycles. The summed E-state index contributed by atoms with van der Waals surface area (Å²) in [4.78, 5) is 14.1. The quantitative estimate of drug-likeness (QED) is 0.905. The molecule has 104 valence electrons. The Morgan fingerprint density at radius 2 is 2.32 bits per heavy atom. The minimum absolute atomic E-state index is 0.0395. The zero-order valence-electron chi connectivity index (χ0n) is 11.2. The highest BCUT2D eigenvalue weighted by Crippen LogP contribution is 2.26. The van der Waals surface area contributed by atoms with Crippen LogP contribution >= 0.6 is 0 Å². The van der Waals surface area contributed by atoms with Crippen molar-refractivity contribution in [3.05, 3.63) is 29.6 Å². The molecule has 1 saturated heterocycles. The number of halogens is 1. The van der Waals surface area contributed by atoms with Gasteiger partial charge in [-0.2, -0.15) is 0 Å². The van der Waals surface area contributed by atoms with Gasteiger partial charge in [0.15, 0.2) is 11.6 Å². The highest BCUT2D eigenvalue weighted by atomic mass is 19.1. The summed E-state index contributed by atoms with van der Waals surface area (Å²) in [6, 6.07) is 4.32. The lowest BCUT2D eigenvalue weighted by Crippen LogP contribution is -2.42. The summed E-state index contributed by atoms with van der Waals surface area (Å²) in [6.45, 7) is 3.19. The average Bonchev–Trinajstić information content (AvgIpc) is 2.78. The van der Waals surface area contributed by atoms with E-state index < -0.39 is 5.82 Å². The van der Waals surface area contributed by atoms with Gasteiger partial charge in [-0.25, -0.2) is 4.39 Å². The number of nitrogens with two attached hydrogens (primary N) is 1. The SMILES string of the molecule is COc1ccc(C(=O)N2CCC(C)C2CN)cc1F. The molecule has 1 aliphatic rings. The van der Waals surface area contributed by atoms with Crippen molar-refractivity contribution in [3.8, 4) is 5.75 Å². The molecule has 2 N–H and O–H groups in total. The number of benzene rings is 1. The number of carbonyl (C=O) groups is 1. The third-order valence-corrected chi connectivity index (χ3v) is 3.78. The van der Waals surface area contributed by atoms with Crippen molar-refractivity contribution in [2.75, 3.05) is 20.2 Å². The van der Waals surface area contributed by atoms with Crippen molar-refractivity contribution in [3.63, 3.8) is 0 Å². The highest BCUT2D eigenvalue weighted by Gasteiger charge is 2.33. The summed E-state index contributed by atoms with van der Waals surface area (Å²) in [5.74, 6) is -0.162. The van der Waals surface area contributed by atoms with Crippen LogP contribution in [-0.4, -0.2) is 37.0 Å². The minimum Gasteiger partial charge on any atom is -0.494 e. The van der Waals surface area contributed by atoms with E-state index in [9.17, 15) is 9.18 Å². The van der Waals surface area contributed by atoms with Crippen molar-refractivity contribution >= 4 is 5.91 Å². The van der Waals surface area contributed by atoms with Crippen LogP contribution in [-0.2, 0) is 0 Å². The van der Waals surface area contributed by atoms with Crippen molar-refractivity contribution in [2.24, 2.45) is 11.7 Å². The number of hydrogen-bond acceptors (Lipinski definition) is 3. The van der Waals surface area contributed by atoms with E-state index in [-0.39, 0.29) is 17.7 Å². The molecule has 0 bridgehead atoms. The van der Waals surface area contributed by atoms with Crippen LogP contribution in [0.15, 0.2) is 18.2 Å². The fraction of sp³-hybridized carbons (Fsp3) is 0.500. The fourth-order valence-electron chi connectivity index (χ4n) is 2.59. The summed E-state index contributed by atoms with van der Waals surface area (Å²) < 4.78 is 18.5. The molecule has 2 rings (SSSR count). The van der Waals surface area contributed by atoms with Crippen LogP contribution in [0.25, 0.3) is 0 Å². The first-order valence-corrected chi connectivity index (χ1v) is 6.43. The predicted molar refractivity (Wildman–Crippen MR) is 70.6 cm³/mol. The van der Waals surface area contributed by atoms with Crippen molar-refractivity contribution in [2.45, 2.75) is 19.4 Å². The second-order valence-electron chi connectivity index (χ2n) is 4.92. The first kappa shape index (κ1) is 13.8. The Labute approximate surface area is 112 Å². The van der Waals surface area contributed by atoms with Gasteiger partial charge in [0.1, 0.15) is 0 Å². The van der Waals surface area contributed by atoms with Crippen molar-refractivity contribution < 1.29 is 13.9 Å². The topological polar surface area (TPSA) is 55.6 Å². The molecule has 4 nitrogen and oxygen atoms in total. The molecule has 1 heterocycles. The highest BCUT2D eigenvalue weighted by molar-refractivity contribution is 5.94. The minimum atomic E-state index is -0.523. The fourth-order valence-corrected chi connectivity index (χ4v) is 2.59. The number of ether oxygens (including phenoxy) is 1. The van der Waals surface area contributed by atoms with E-state index in [2.05, 4.69) is 6.92 Å². The molecule has 5 heteroatoms. The van der Waals surface area contributed by atoms with Gasteiger partial charge in [-0.3, -0.25) is 4.79 Å². The van der Waals surface area contributed by atoms with Crippen molar-refractivity contribution in [1.82, 2.24) is 4.90 Å². The molecule has 1 fully saturated rings. The lowest BCUT2D eigenvalue weighted by molar-refractivity contribution is 0.0727. The summed E-state index contributed by atoms with van der Waals surface area (Å²) in [5, 5.41) is 0. The number of amides is 1. The van der Waals surface area contributed by atoms with Gasteiger partial charge in [-0.05, 0) is 30.5 Å². The second kappa shape index (κ2) is 5.57. The van der Waals surface area contributed by atoms with E-state index in [4.69, 9.17) is 10.5 Å². The lowest BCUT2D eigenvalue weighted by atomic mass is 10.0. The maximum absolute atomic E-state index is 13.6. The van der Waals surface area contributed by atoms with E-state index in [1.54, 1.807) is 11.0 Å². The van der Waals surface area contributed by atoms with Crippen LogP contribution in [0.4, 0.5) is 4.39 Å². The van der Waals surface area contributed by atoms with Gasteiger partial charge in [-0.1, -0.05) is 6.92 Å². The summed E-state index contributed by atoms with van der Waals surface area (Å²) in [6.07, 6.45) is 0.937. The maximum atomic E-state index is 13.6. The molecule has 0 spiro atoms. The number of hydrogen-bond donors (Lipinski definition) is 1. The van der Waals surface area contributed by atoms with Gasteiger partial charge in [0.25, 0.3) is 5.91 Å². The molecule has 2 unspecified atom stereocenters. The van der Waals surface area contributed by atoms with Gasteiger partial charge in [0.2, 0.25) is 0 Å². The summed E-state index contributed by atoms with van der Waals surface area (Å²) >= 11 is 0. The Morgan fingerprint density at radius 3 is 2.89 bits per heavy atom. The molecule has 0 aliphatic carbocycles. The molecular weight excluding hydrogens is 247 g/mol. The molecule has 1 aromatic carbocycles. The molecule has 1 aromatic rings. The Bertz CT molecular complexity index is 479. The Hall–Kier alpha value is -1.62. The van der Waals surface area contributed by atoms with Crippen molar-refractivity contribution in [1.29, 1.82) is 0 Å². The van der Waals surface area contributed by atoms with Crippen LogP contribution in [0, 0.1) is 11.7 Å². The van der Waals surface area contributed by atoms with Gasteiger partial charge in [-0.15, -0.1) is 0 Å². The average molecular weight is 266 g/mol. The van der Waals surface area contributed by atoms with Gasteiger partial charge in [0.05, 0.1) is 7.11 Å². The first-order valence-electron chi connectivity index (χ1n) is 6.43. The standard InChI is InChI=1S/C14H19FN2O2/c1-9-5-6-17(12(9)8-16)14(18)10-3-4-13(19-2)11(15)7-10/h3-4,7,9,12H,5-6,8,16H2,1-2H3. The third kappa shape index (κ3) is 2.56. The molecule has 0 aromatic heterocycles. The van der Waals surface area contributed by atoms with Crippen LogP contribution in [0.5, 0.6) is 5.75 Å². The second-order valence-corrected chi connectivity index (χ2v) is 4.92. The van der Waals surface area contributed by atoms with Crippen LogP contribution in [0.3, 0.4) is 0 Å². The van der Waals surface area contributed by atoms with E-state index >= 15 is 0 Å². The molecule has 19 heavy (non-hydrogen) atoms. The Kier molecular flexibility index (Phi) is 4.04. The Morgan fingerprint density at radius 1 is 1.58 bits per heavy atom. The van der Waals surface area contributed by atoms with Gasteiger partial charge < -0.3 is 15.4 Å². The third-order valence-electron chi connectivity index (χ3n) is 3.78. The first-order chi connectivity index (χ1) is 9.08. The zero-order chi connectivity index (χ0) is 14.0.